The lowest BCUT2D eigenvalue weighted by atomic mass is 9.84. The van der Waals surface area contributed by atoms with E-state index in [9.17, 15) is 5.11 Å². The molecule has 0 radical (unpaired) electrons. The Kier molecular flexibility index (Phi) is 2.73. The quantitative estimate of drug-likeness (QED) is 0.757. The van der Waals surface area contributed by atoms with Gasteiger partial charge in [0.05, 0.1) is 0 Å². The third-order valence-electron chi connectivity index (χ3n) is 3.61. The fourth-order valence-electron chi connectivity index (χ4n) is 2.77. The summed E-state index contributed by atoms with van der Waals surface area (Å²) in [6, 6.07) is 6.23. The van der Waals surface area contributed by atoms with Crippen molar-refractivity contribution in [3.8, 4) is 0 Å². The molecule has 3 nitrogen and oxygen atoms in total. The van der Waals surface area contributed by atoms with Crippen LogP contribution in [0.25, 0.3) is 10.9 Å². The first-order chi connectivity index (χ1) is 8.19. The van der Waals surface area contributed by atoms with Crippen molar-refractivity contribution < 1.29 is 5.11 Å². The summed E-state index contributed by atoms with van der Waals surface area (Å²) in [5.74, 6) is 0.287. The van der Waals surface area contributed by atoms with Gasteiger partial charge in [0.2, 0.25) is 0 Å². The highest BCUT2D eigenvalue weighted by molar-refractivity contribution is 9.10. The van der Waals surface area contributed by atoms with E-state index in [-0.39, 0.29) is 18.6 Å². The van der Waals surface area contributed by atoms with Gasteiger partial charge >= 0.3 is 0 Å². The summed E-state index contributed by atoms with van der Waals surface area (Å²) >= 11 is 3.50. The molecule has 1 aromatic heterocycles. The Balaban J connectivity index is 2.19. The number of aliphatic hydroxyl groups excluding tert-OH is 1. The number of fused-ring (bicyclic) bond motifs is 3. The minimum absolute atomic E-state index is 0.0158. The van der Waals surface area contributed by atoms with Crippen molar-refractivity contribution in [1.29, 1.82) is 0 Å². The number of hydrogen-bond acceptors (Lipinski definition) is 2. The number of hydrogen-bond donors (Lipinski definition) is 3. The molecule has 2 atom stereocenters. The second kappa shape index (κ2) is 4.12. The number of aliphatic hydroxyl groups is 1. The van der Waals surface area contributed by atoms with Gasteiger partial charge < -0.3 is 15.8 Å². The molecule has 1 aliphatic rings. The van der Waals surface area contributed by atoms with Crippen molar-refractivity contribution in [3.63, 3.8) is 0 Å². The molecule has 0 spiro atoms. The first-order valence-corrected chi connectivity index (χ1v) is 6.64. The summed E-state index contributed by atoms with van der Waals surface area (Å²) in [4.78, 5) is 3.41. The molecule has 2 unspecified atom stereocenters. The smallest absolute Gasteiger partial charge is 0.0463 e. The molecule has 4 N–H and O–H groups in total. The summed E-state index contributed by atoms with van der Waals surface area (Å²) in [6.07, 6.45) is 1.77. The Hall–Kier alpha value is -0.840. The maximum absolute atomic E-state index is 9.32. The van der Waals surface area contributed by atoms with Crippen molar-refractivity contribution in [2.24, 2.45) is 11.7 Å². The first-order valence-electron chi connectivity index (χ1n) is 5.85. The van der Waals surface area contributed by atoms with Gasteiger partial charge in [-0.25, -0.2) is 0 Å². The molecule has 1 heterocycles. The van der Waals surface area contributed by atoms with Crippen LogP contribution in [0, 0.1) is 5.92 Å². The van der Waals surface area contributed by atoms with Crippen molar-refractivity contribution >= 4 is 26.8 Å². The van der Waals surface area contributed by atoms with Crippen LogP contribution in [0.5, 0.6) is 0 Å². The van der Waals surface area contributed by atoms with Gasteiger partial charge in [0.25, 0.3) is 0 Å². The predicted octanol–water partition coefficient (Wildman–Crippen LogP) is 2.48. The van der Waals surface area contributed by atoms with E-state index in [4.69, 9.17) is 5.73 Å². The number of nitrogens with two attached hydrogens (primary N) is 1. The second-order valence-corrected chi connectivity index (χ2v) is 5.72. The largest absolute Gasteiger partial charge is 0.396 e. The number of aromatic nitrogens is 1. The lowest BCUT2D eigenvalue weighted by Gasteiger charge is -2.25. The molecule has 2 aromatic rings. The van der Waals surface area contributed by atoms with E-state index in [1.54, 1.807) is 0 Å². The third kappa shape index (κ3) is 1.80. The van der Waals surface area contributed by atoms with Crippen LogP contribution in [0.4, 0.5) is 0 Å². The van der Waals surface area contributed by atoms with Crippen LogP contribution in [-0.2, 0) is 6.42 Å². The molecular formula is C13H15BrN2O. The summed E-state index contributed by atoms with van der Waals surface area (Å²) < 4.78 is 1.08. The molecular weight excluding hydrogens is 280 g/mol. The molecule has 0 bridgehead atoms. The average molecular weight is 295 g/mol. The number of nitrogens with one attached hydrogen (secondary N) is 1. The van der Waals surface area contributed by atoms with Crippen LogP contribution in [-0.4, -0.2) is 16.7 Å². The van der Waals surface area contributed by atoms with E-state index in [0.29, 0.717) is 0 Å². The number of halogens is 1. The molecule has 0 fully saturated rings. The van der Waals surface area contributed by atoms with Crippen LogP contribution in [0.2, 0.25) is 0 Å². The number of benzene rings is 1. The highest BCUT2D eigenvalue weighted by Crippen LogP contribution is 2.36. The zero-order chi connectivity index (χ0) is 12.0. The molecule has 4 heteroatoms. The van der Waals surface area contributed by atoms with E-state index in [1.165, 1.54) is 10.9 Å². The first kappa shape index (κ1) is 11.3. The highest BCUT2D eigenvalue weighted by Gasteiger charge is 2.27. The van der Waals surface area contributed by atoms with Crippen molar-refractivity contribution in [2.45, 2.75) is 18.9 Å². The van der Waals surface area contributed by atoms with Crippen molar-refractivity contribution in [1.82, 2.24) is 4.98 Å². The van der Waals surface area contributed by atoms with Gasteiger partial charge in [0.15, 0.2) is 0 Å². The van der Waals surface area contributed by atoms with Crippen LogP contribution < -0.4 is 5.73 Å². The average Bonchev–Trinajstić information content (AvgIpc) is 2.68. The van der Waals surface area contributed by atoms with Crippen LogP contribution in [0.1, 0.15) is 23.7 Å². The third-order valence-corrected chi connectivity index (χ3v) is 4.10. The van der Waals surface area contributed by atoms with Crippen molar-refractivity contribution in [3.05, 3.63) is 33.9 Å². The van der Waals surface area contributed by atoms with Crippen LogP contribution in [0.3, 0.4) is 0 Å². The van der Waals surface area contributed by atoms with Crippen molar-refractivity contribution in [2.75, 3.05) is 6.61 Å². The van der Waals surface area contributed by atoms with Crippen LogP contribution in [0.15, 0.2) is 22.7 Å². The van der Waals surface area contributed by atoms with Gasteiger partial charge in [0.1, 0.15) is 0 Å². The maximum atomic E-state index is 9.32. The molecule has 0 amide bonds. The Bertz CT molecular complexity index is 564. The standard InChI is InChI=1S/C13H15BrN2O/c14-8-1-2-12-9(5-8)10-3-7(6-17)4-11(15)13(10)16-12/h1-2,5,7,11,16-17H,3-4,6,15H2. The minimum atomic E-state index is 0.0158. The Morgan fingerprint density at radius 3 is 3.06 bits per heavy atom. The summed E-state index contributed by atoms with van der Waals surface area (Å²) in [7, 11) is 0. The maximum Gasteiger partial charge on any atom is 0.0463 e. The zero-order valence-electron chi connectivity index (χ0n) is 9.41. The van der Waals surface area contributed by atoms with Gasteiger partial charge in [-0.3, -0.25) is 0 Å². The van der Waals surface area contributed by atoms with Gasteiger partial charge in [-0.1, -0.05) is 15.9 Å². The second-order valence-electron chi connectivity index (χ2n) is 4.80. The molecule has 90 valence electrons. The molecule has 0 saturated carbocycles. The number of rotatable bonds is 1. The fraction of sp³-hybridized carbons (Fsp3) is 0.385. The molecule has 3 rings (SSSR count). The molecule has 0 aliphatic heterocycles. The van der Waals surface area contributed by atoms with E-state index in [0.717, 1.165) is 28.5 Å². The normalized spacial score (nSPS) is 23.9. The Morgan fingerprint density at radius 1 is 1.47 bits per heavy atom. The van der Waals surface area contributed by atoms with E-state index >= 15 is 0 Å². The predicted molar refractivity (Wildman–Crippen MR) is 71.8 cm³/mol. The van der Waals surface area contributed by atoms with Gasteiger partial charge in [-0.2, -0.15) is 0 Å². The molecule has 0 saturated heterocycles. The topological polar surface area (TPSA) is 62.0 Å². The Labute approximate surface area is 108 Å². The highest BCUT2D eigenvalue weighted by atomic mass is 79.9. The van der Waals surface area contributed by atoms with E-state index in [2.05, 4.69) is 33.0 Å². The van der Waals surface area contributed by atoms with Gasteiger partial charge in [0, 0.05) is 33.7 Å². The zero-order valence-corrected chi connectivity index (χ0v) is 11.0. The van der Waals surface area contributed by atoms with E-state index in [1.807, 2.05) is 6.07 Å². The van der Waals surface area contributed by atoms with E-state index < -0.39 is 0 Å². The van der Waals surface area contributed by atoms with Gasteiger partial charge in [-0.15, -0.1) is 0 Å². The lowest BCUT2D eigenvalue weighted by Crippen LogP contribution is -2.25. The minimum Gasteiger partial charge on any atom is -0.396 e. The van der Waals surface area contributed by atoms with Gasteiger partial charge in [-0.05, 0) is 42.5 Å². The monoisotopic (exact) mass is 294 g/mol. The molecule has 17 heavy (non-hydrogen) atoms. The molecule has 1 aliphatic carbocycles. The summed E-state index contributed by atoms with van der Waals surface area (Å²) in [6.45, 7) is 0.216. The number of aromatic amines is 1. The number of H-pyrrole nitrogens is 1. The summed E-state index contributed by atoms with van der Waals surface area (Å²) in [5, 5.41) is 10.5. The summed E-state index contributed by atoms with van der Waals surface area (Å²) in [5.41, 5.74) is 9.71. The Morgan fingerprint density at radius 2 is 2.29 bits per heavy atom. The molecule has 1 aromatic carbocycles. The lowest BCUT2D eigenvalue weighted by molar-refractivity contribution is 0.204. The SMILES string of the molecule is NC1CC(CO)Cc2c1[nH]c1ccc(Br)cc21. The fourth-order valence-corrected chi connectivity index (χ4v) is 3.13. The van der Waals surface area contributed by atoms with Crippen LogP contribution >= 0.6 is 15.9 Å².